The Hall–Kier alpha value is -4.01. The molecule has 2 aromatic carbocycles. The molecular weight excluding hydrogens is 388 g/mol. The zero-order valence-corrected chi connectivity index (χ0v) is 16.5. The number of nitrogens with zero attached hydrogens (tertiary/aromatic N) is 2. The van der Waals surface area contributed by atoms with E-state index in [1.807, 2.05) is 0 Å². The lowest BCUT2D eigenvalue weighted by atomic mass is 10.1. The van der Waals surface area contributed by atoms with E-state index >= 15 is 0 Å². The molecule has 0 atom stereocenters. The van der Waals surface area contributed by atoms with Crippen LogP contribution >= 0.6 is 0 Å². The monoisotopic (exact) mass is 408 g/mol. The lowest BCUT2D eigenvalue weighted by Gasteiger charge is -2.09. The molecule has 0 fully saturated rings. The standard InChI is InChI=1S/C21H20N4O5/c1-22-20(28)13-7-9-14(10-8-13)23-18(26)12-30-19(27)11-17-15-5-3-4-6-16(15)21(29)25(2)24-17/h3-10H,11-12H2,1-2H3,(H,22,28)(H,23,26). The van der Waals surface area contributed by atoms with Gasteiger partial charge in [0, 0.05) is 30.7 Å². The number of hydrogen-bond donors (Lipinski definition) is 2. The molecule has 2 amide bonds. The van der Waals surface area contributed by atoms with Gasteiger partial charge in [0.15, 0.2) is 6.61 Å². The molecule has 3 aromatic rings. The van der Waals surface area contributed by atoms with Gasteiger partial charge in [-0.3, -0.25) is 19.2 Å². The van der Waals surface area contributed by atoms with Crippen LogP contribution in [-0.4, -0.2) is 41.2 Å². The van der Waals surface area contributed by atoms with E-state index in [9.17, 15) is 19.2 Å². The SMILES string of the molecule is CNC(=O)c1ccc(NC(=O)COC(=O)Cc2nn(C)c(=O)c3ccccc23)cc1. The molecule has 9 nitrogen and oxygen atoms in total. The Bertz CT molecular complexity index is 1170. The van der Waals surface area contributed by atoms with Gasteiger partial charge in [-0.05, 0) is 30.3 Å². The number of esters is 1. The fourth-order valence-electron chi connectivity index (χ4n) is 2.89. The van der Waals surface area contributed by atoms with Crippen molar-refractivity contribution >= 4 is 34.2 Å². The van der Waals surface area contributed by atoms with Crippen LogP contribution in [0.15, 0.2) is 53.3 Å². The van der Waals surface area contributed by atoms with Crippen molar-refractivity contribution in [3.8, 4) is 0 Å². The summed E-state index contributed by atoms with van der Waals surface area (Å²) in [5, 5.41) is 10.2. The zero-order chi connectivity index (χ0) is 21.7. The highest BCUT2D eigenvalue weighted by molar-refractivity contribution is 5.96. The number of hydrogen-bond acceptors (Lipinski definition) is 6. The minimum absolute atomic E-state index is 0.178. The molecule has 0 radical (unpaired) electrons. The third-order valence-electron chi connectivity index (χ3n) is 4.37. The highest BCUT2D eigenvalue weighted by Crippen LogP contribution is 2.14. The van der Waals surface area contributed by atoms with Crippen molar-refractivity contribution in [2.75, 3.05) is 19.0 Å². The van der Waals surface area contributed by atoms with Gasteiger partial charge in [-0.1, -0.05) is 18.2 Å². The largest absolute Gasteiger partial charge is 0.455 e. The zero-order valence-electron chi connectivity index (χ0n) is 16.5. The predicted molar refractivity (Wildman–Crippen MR) is 110 cm³/mol. The number of nitrogens with one attached hydrogen (secondary N) is 2. The Balaban J connectivity index is 1.59. The number of amides is 2. The summed E-state index contributed by atoms with van der Waals surface area (Å²) in [5.41, 5.74) is 1.06. The Morgan fingerprint density at radius 3 is 2.37 bits per heavy atom. The van der Waals surface area contributed by atoms with Crippen molar-refractivity contribution in [3.05, 3.63) is 70.1 Å². The normalized spacial score (nSPS) is 10.5. The molecule has 154 valence electrons. The van der Waals surface area contributed by atoms with Crippen LogP contribution in [0.2, 0.25) is 0 Å². The molecule has 3 rings (SSSR count). The second-order valence-corrected chi connectivity index (χ2v) is 6.46. The molecule has 1 aromatic heterocycles. The minimum atomic E-state index is -0.642. The Labute approximate surface area is 171 Å². The van der Waals surface area contributed by atoms with E-state index in [0.29, 0.717) is 27.7 Å². The van der Waals surface area contributed by atoms with Gasteiger partial charge in [-0.25, -0.2) is 4.68 Å². The smallest absolute Gasteiger partial charge is 0.312 e. The molecule has 0 aliphatic rings. The minimum Gasteiger partial charge on any atom is -0.455 e. The highest BCUT2D eigenvalue weighted by atomic mass is 16.5. The second kappa shape index (κ2) is 8.99. The summed E-state index contributed by atoms with van der Waals surface area (Å²) in [7, 11) is 3.03. The fourth-order valence-corrected chi connectivity index (χ4v) is 2.89. The molecule has 0 saturated carbocycles. The Kier molecular flexibility index (Phi) is 6.21. The molecule has 0 unspecified atom stereocenters. The average Bonchev–Trinajstić information content (AvgIpc) is 2.76. The van der Waals surface area contributed by atoms with Gasteiger partial charge in [0.25, 0.3) is 17.4 Å². The van der Waals surface area contributed by atoms with E-state index < -0.39 is 18.5 Å². The summed E-state index contributed by atoms with van der Waals surface area (Å²) in [4.78, 5) is 47.9. The van der Waals surface area contributed by atoms with Crippen LogP contribution in [0.4, 0.5) is 5.69 Å². The number of benzene rings is 2. The first-order valence-electron chi connectivity index (χ1n) is 9.11. The topological polar surface area (TPSA) is 119 Å². The molecule has 30 heavy (non-hydrogen) atoms. The fraction of sp³-hybridized carbons (Fsp3) is 0.190. The lowest BCUT2D eigenvalue weighted by Crippen LogP contribution is -2.24. The average molecular weight is 408 g/mol. The van der Waals surface area contributed by atoms with Crippen LogP contribution < -0.4 is 16.2 Å². The maximum atomic E-state index is 12.2. The van der Waals surface area contributed by atoms with Crippen LogP contribution in [0.3, 0.4) is 0 Å². The van der Waals surface area contributed by atoms with Crippen molar-refractivity contribution in [3.63, 3.8) is 0 Å². The highest BCUT2D eigenvalue weighted by Gasteiger charge is 2.14. The van der Waals surface area contributed by atoms with Crippen LogP contribution in [0.5, 0.6) is 0 Å². The van der Waals surface area contributed by atoms with Gasteiger partial charge in [-0.15, -0.1) is 0 Å². The van der Waals surface area contributed by atoms with Crippen molar-refractivity contribution < 1.29 is 19.1 Å². The van der Waals surface area contributed by atoms with Gasteiger partial charge in [-0.2, -0.15) is 5.10 Å². The molecule has 9 heteroatoms. The first-order chi connectivity index (χ1) is 14.4. The molecule has 1 heterocycles. The third kappa shape index (κ3) is 4.69. The Morgan fingerprint density at radius 1 is 1.03 bits per heavy atom. The predicted octanol–water partition coefficient (Wildman–Crippen LogP) is 1.02. The first kappa shape index (κ1) is 20.7. The summed E-state index contributed by atoms with van der Waals surface area (Å²) in [6.45, 7) is -0.472. The Morgan fingerprint density at radius 2 is 1.70 bits per heavy atom. The van der Waals surface area contributed by atoms with E-state index in [4.69, 9.17) is 4.74 Å². The summed E-state index contributed by atoms with van der Waals surface area (Å²) in [5.74, 6) is -1.40. The second-order valence-electron chi connectivity index (χ2n) is 6.46. The lowest BCUT2D eigenvalue weighted by molar-refractivity contribution is -0.146. The van der Waals surface area contributed by atoms with Crippen LogP contribution in [0.1, 0.15) is 16.1 Å². The number of anilines is 1. The number of rotatable bonds is 6. The maximum absolute atomic E-state index is 12.2. The van der Waals surface area contributed by atoms with Gasteiger partial charge in [0.05, 0.1) is 17.5 Å². The van der Waals surface area contributed by atoms with Crippen LogP contribution in [0.25, 0.3) is 10.8 Å². The molecule has 2 N–H and O–H groups in total. The number of carbonyl (C=O) groups excluding carboxylic acids is 3. The van der Waals surface area contributed by atoms with Gasteiger partial charge in [0.1, 0.15) is 0 Å². The summed E-state index contributed by atoms with van der Waals surface area (Å²) < 4.78 is 6.20. The quantitative estimate of drug-likeness (QED) is 0.588. The third-order valence-corrected chi connectivity index (χ3v) is 4.37. The molecule has 0 aliphatic heterocycles. The van der Waals surface area contributed by atoms with Crippen molar-refractivity contribution in [2.24, 2.45) is 7.05 Å². The number of ether oxygens (including phenoxy) is 1. The van der Waals surface area contributed by atoms with Gasteiger partial charge < -0.3 is 15.4 Å². The summed E-state index contributed by atoms with van der Waals surface area (Å²) in [6, 6.07) is 13.1. The van der Waals surface area contributed by atoms with Gasteiger partial charge in [0.2, 0.25) is 0 Å². The molecule has 0 saturated heterocycles. The van der Waals surface area contributed by atoms with E-state index in [0.717, 1.165) is 0 Å². The number of carbonyl (C=O) groups is 3. The van der Waals surface area contributed by atoms with Crippen molar-refractivity contribution in [1.82, 2.24) is 15.1 Å². The van der Waals surface area contributed by atoms with E-state index in [1.54, 1.807) is 48.5 Å². The van der Waals surface area contributed by atoms with Crippen LogP contribution in [-0.2, 0) is 27.8 Å². The molecule has 0 aliphatic carbocycles. The first-order valence-corrected chi connectivity index (χ1v) is 9.11. The number of fused-ring (bicyclic) bond motifs is 1. The molecular formula is C21H20N4O5. The van der Waals surface area contributed by atoms with E-state index in [1.165, 1.54) is 18.8 Å². The van der Waals surface area contributed by atoms with E-state index in [2.05, 4.69) is 15.7 Å². The number of aromatic nitrogens is 2. The molecule has 0 spiro atoms. The maximum Gasteiger partial charge on any atom is 0.312 e. The van der Waals surface area contributed by atoms with Crippen molar-refractivity contribution in [1.29, 1.82) is 0 Å². The number of aryl methyl sites for hydroxylation is 1. The molecule has 0 bridgehead atoms. The summed E-state index contributed by atoms with van der Waals surface area (Å²) >= 11 is 0. The summed E-state index contributed by atoms with van der Waals surface area (Å²) in [6.07, 6.45) is -0.178. The van der Waals surface area contributed by atoms with Gasteiger partial charge >= 0.3 is 5.97 Å². The van der Waals surface area contributed by atoms with E-state index in [-0.39, 0.29) is 17.9 Å². The van der Waals surface area contributed by atoms with Crippen molar-refractivity contribution in [2.45, 2.75) is 6.42 Å². The van der Waals surface area contributed by atoms with Crippen LogP contribution in [0, 0.1) is 0 Å².